The molecule has 0 atom stereocenters. The van der Waals surface area contributed by atoms with Gasteiger partial charge in [-0.05, 0) is 30.7 Å². The summed E-state index contributed by atoms with van der Waals surface area (Å²) in [5, 5.41) is 0.949. The molecule has 0 radical (unpaired) electrons. The van der Waals surface area contributed by atoms with Crippen LogP contribution in [0.2, 0.25) is 0 Å². The first-order valence-corrected chi connectivity index (χ1v) is 10.1. The van der Waals surface area contributed by atoms with Crippen molar-refractivity contribution in [2.45, 2.75) is 37.5 Å². The maximum Gasteiger partial charge on any atom is 0.339 e. The molecule has 0 fully saturated rings. The van der Waals surface area contributed by atoms with Crippen molar-refractivity contribution >= 4 is 34.4 Å². The number of aromatic nitrogens is 1. The first kappa shape index (κ1) is 20.9. The first-order chi connectivity index (χ1) is 13.7. The number of fused-ring (bicyclic) bond motifs is 1. The Morgan fingerprint density at radius 3 is 2.41 bits per heavy atom. The van der Waals surface area contributed by atoms with Crippen LogP contribution in [0.25, 0.3) is 10.9 Å². The number of para-hydroxylation sites is 1. The Balaban J connectivity index is 1.90. The second kappa shape index (κ2) is 8.25. The van der Waals surface area contributed by atoms with E-state index in [0.717, 1.165) is 16.5 Å². The highest BCUT2D eigenvalue weighted by molar-refractivity contribution is 7.99. The summed E-state index contributed by atoms with van der Waals surface area (Å²) in [6.07, 6.45) is 0. The lowest BCUT2D eigenvalue weighted by Crippen LogP contribution is -2.26. The predicted octanol–water partition coefficient (Wildman–Crippen LogP) is 4.76. The Kier molecular flexibility index (Phi) is 5.94. The van der Waals surface area contributed by atoms with Gasteiger partial charge in [0.1, 0.15) is 0 Å². The number of rotatable bonds is 5. The minimum Gasteiger partial charge on any atom is -0.454 e. The molecule has 6 heteroatoms. The Labute approximate surface area is 173 Å². The van der Waals surface area contributed by atoms with Crippen molar-refractivity contribution in [1.29, 1.82) is 0 Å². The molecule has 0 amide bonds. The maximum atomic E-state index is 12.6. The molecule has 1 heterocycles. The second-order valence-corrected chi connectivity index (χ2v) is 8.85. The van der Waals surface area contributed by atoms with Gasteiger partial charge in [0.15, 0.2) is 12.4 Å². The van der Waals surface area contributed by atoms with Gasteiger partial charge in [0, 0.05) is 21.2 Å². The number of carbonyl (C=O) groups is 2. The van der Waals surface area contributed by atoms with Crippen LogP contribution in [0.3, 0.4) is 0 Å². The summed E-state index contributed by atoms with van der Waals surface area (Å²) in [7, 11) is 0. The number of hydrogen-bond acceptors (Lipinski definition) is 5. The second-order valence-electron chi connectivity index (χ2n) is 7.80. The number of hydrogen-bond donors (Lipinski definition) is 1. The molecule has 1 N–H and O–H groups in total. The van der Waals surface area contributed by atoms with E-state index in [0.29, 0.717) is 15.4 Å². The third kappa shape index (κ3) is 4.59. The molecule has 0 bridgehead atoms. The van der Waals surface area contributed by atoms with Crippen molar-refractivity contribution < 1.29 is 14.3 Å². The molecule has 3 aromatic rings. The maximum absolute atomic E-state index is 12.6. The Morgan fingerprint density at radius 1 is 1.03 bits per heavy atom. The van der Waals surface area contributed by atoms with Gasteiger partial charge in [-0.1, -0.05) is 62.9 Å². The third-order valence-electron chi connectivity index (χ3n) is 4.62. The normalized spacial score (nSPS) is 11.4. The highest BCUT2D eigenvalue weighted by atomic mass is 32.2. The summed E-state index contributed by atoms with van der Waals surface area (Å²) < 4.78 is 5.24. The summed E-state index contributed by atoms with van der Waals surface area (Å²) in [4.78, 5) is 41.3. The van der Waals surface area contributed by atoms with Crippen molar-refractivity contribution in [1.82, 2.24) is 4.98 Å². The van der Waals surface area contributed by atoms with Crippen LogP contribution >= 0.6 is 11.8 Å². The number of nitrogens with one attached hydrogen (secondary N) is 1. The van der Waals surface area contributed by atoms with Gasteiger partial charge < -0.3 is 9.72 Å². The molecule has 3 rings (SSSR count). The van der Waals surface area contributed by atoms with Crippen LogP contribution in [0.4, 0.5) is 0 Å². The summed E-state index contributed by atoms with van der Waals surface area (Å²) in [6.45, 7) is 6.95. The Bertz CT molecular complexity index is 1140. The lowest BCUT2D eigenvalue weighted by atomic mass is 9.91. The molecule has 0 saturated heterocycles. The summed E-state index contributed by atoms with van der Waals surface area (Å²) in [6, 6.07) is 14.5. The minimum absolute atomic E-state index is 0.155. The zero-order chi connectivity index (χ0) is 21.2. The molecule has 0 aliphatic heterocycles. The van der Waals surface area contributed by atoms with Gasteiger partial charge in [0.2, 0.25) is 0 Å². The molecular weight excluding hydrogens is 386 g/mol. The standard InChI is InChI=1S/C23H23NO4S/c1-14-15-9-5-7-11-17(15)24-21(26)20(14)29-18-12-8-6-10-16(18)22(27)28-13-19(25)23(2,3)4/h5-12H,13H2,1-4H3,(H,24,26). The lowest BCUT2D eigenvalue weighted by Gasteiger charge is -2.16. The van der Waals surface area contributed by atoms with Gasteiger partial charge in [-0.25, -0.2) is 4.79 Å². The van der Waals surface area contributed by atoms with Crippen LogP contribution < -0.4 is 5.56 Å². The van der Waals surface area contributed by atoms with Crippen LogP contribution in [0.15, 0.2) is 63.1 Å². The number of ether oxygens (including phenoxy) is 1. The number of pyridine rings is 1. The Morgan fingerprint density at radius 2 is 1.69 bits per heavy atom. The third-order valence-corrected chi connectivity index (χ3v) is 5.89. The van der Waals surface area contributed by atoms with E-state index in [1.807, 2.05) is 31.2 Å². The van der Waals surface area contributed by atoms with Crippen LogP contribution in [0.5, 0.6) is 0 Å². The van der Waals surface area contributed by atoms with Crippen LogP contribution in [-0.2, 0) is 9.53 Å². The van der Waals surface area contributed by atoms with Gasteiger partial charge >= 0.3 is 5.97 Å². The van der Waals surface area contributed by atoms with Crippen molar-refractivity contribution in [3.8, 4) is 0 Å². The molecule has 0 aliphatic rings. The number of ketones is 1. The van der Waals surface area contributed by atoms with Crippen LogP contribution in [-0.4, -0.2) is 23.3 Å². The summed E-state index contributed by atoms with van der Waals surface area (Å²) in [5.41, 5.74) is 1.15. The number of aryl methyl sites for hydroxylation is 1. The number of benzene rings is 2. The quantitative estimate of drug-likeness (QED) is 0.615. The molecule has 1 aromatic heterocycles. The van der Waals surface area contributed by atoms with Crippen LogP contribution in [0.1, 0.15) is 36.7 Å². The van der Waals surface area contributed by atoms with E-state index in [-0.39, 0.29) is 17.9 Å². The van der Waals surface area contributed by atoms with Crippen molar-refractivity contribution in [2.24, 2.45) is 5.41 Å². The Hall–Kier alpha value is -2.86. The monoisotopic (exact) mass is 409 g/mol. The highest BCUT2D eigenvalue weighted by Gasteiger charge is 2.24. The molecule has 150 valence electrons. The predicted molar refractivity (Wildman–Crippen MR) is 115 cm³/mol. The average molecular weight is 410 g/mol. The topological polar surface area (TPSA) is 76.2 Å². The van der Waals surface area contributed by atoms with E-state index < -0.39 is 11.4 Å². The fraction of sp³-hybridized carbons (Fsp3) is 0.261. The smallest absolute Gasteiger partial charge is 0.339 e. The van der Waals surface area contributed by atoms with E-state index >= 15 is 0 Å². The molecule has 0 unspecified atom stereocenters. The summed E-state index contributed by atoms with van der Waals surface area (Å²) >= 11 is 1.22. The average Bonchev–Trinajstić information content (AvgIpc) is 2.68. The zero-order valence-electron chi connectivity index (χ0n) is 16.9. The minimum atomic E-state index is -0.583. The van der Waals surface area contributed by atoms with Gasteiger partial charge in [-0.15, -0.1) is 0 Å². The molecule has 0 spiro atoms. The number of Topliss-reactive ketones (excluding diaryl/α,β-unsaturated/α-hetero) is 1. The molecular formula is C23H23NO4S. The molecule has 2 aromatic carbocycles. The molecule has 0 aliphatic carbocycles. The number of aromatic amines is 1. The SMILES string of the molecule is Cc1c(Sc2ccccc2C(=O)OCC(=O)C(C)(C)C)c(=O)[nH]c2ccccc12. The lowest BCUT2D eigenvalue weighted by molar-refractivity contribution is -0.129. The van der Waals surface area contributed by atoms with Crippen LogP contribution in [0, 0.1) is 12.3 Å². The highest BCUT2D eigenvalue weighted by Crippen LogP contribution is 2.33. The largest absolute Gasteiger partial charge is 0.454 e. The van der Waals surface area contributed by atoms with Crippen molar-refractivity contribution in [3.05, 3.63) is 70.0 Å². The van der Waals surface area contributed by atoms with E-state index in [9.17, 15) is 14.4 Å². The molecule has 29 heavy (non-hydrogen) atoms. The van der Waals surface area contributed by atoms with Crippen molar-refractivity contribution in [3.63, 3.8) is 0 Å². The number of esters is 1. The number of carbonyl (C=O) groups excluding carboxylic acids is 2. The number of H-pyrrole nitrogens is 1. The first-order valence-electron chi connectivity index (χ1n) is 9.27. The molecule has 5 nitrogen and oxygen atoms in total. The van der Waals surface area contributed by atoms with E-state index in [2.05, 4.69) is 4.98 Å². The van der Waals surface area contributed by atoms with Gasteiger partial charge in [-0.3, -0.25) is 9.59 Å². The van der Waals surface area contributed by atoms with E-state index in [4.69, 9.17) is 4.74 Å². The van der Waals surface area contributed by atoms with Gasteiger partial charge in [0.25, 0.3) is 5.56 Å². The van der Waals surface area contributed by atoms with Gasteiger partial charge in [0.05, 0.1) is 10.5 Å². The summed E-state index contributed by atoms with van der Waals surface area (Å²) in [5.74, 6) is -0.738. The van der Waals surface area contributed by atoms with E-state index in [1.165, 1.54) is 11.8 Å². The molecule has 0 saturated carbocycles. The fourth-order valence-electron chi connectivity index (χ4n) is 2.77. The van der Waals surface area contributed by atoms with Gasteiger partial charge in [-0.2, -0.15) is 0 Å². The van der Waals surface area contributed by atoms with Crippen molar-refractivity contribution in [2.75, 3.05) is 6.61 Å². The fourth-order valence-corrected chi connectivity index (χ4v) is 3.81. The van der Waals surface area contributed by atoms with E-state index in [1.54, 1.807) is 45.0 Å². The zero-order valence-corrected chi connectivity index (χ0v) is 17.7.